The van der Waals surface area contributed by atoms with Gasteiger partial charge in [-0.2, -0.15) is 0 Å². The summed E-state index contributed by atoms with van der Waals surface area (Å²) in [5, 5.41) is 17.1. The first kappa shape index (κ1) is 12.9. The molecule has 0 aliphatic carbocycles. The highest BCUT2D eigenvalue weighted by Gasteiger charge is 2.18. The first-order valence-electron chi connectivity index (χ1n) is 5.01. The van der Waals surface area contributed by atoms with E-state index in [1.54, 1.807) is 12.4 Å². The van der Waals surface area contributed by atoms with Gasteiger partial charge in [0.25, 0.3) is 5.91 Å². The number of aliphatic hydroxyl groups excluding tert-OH is 1. The molecule has 1 rings (SSSR count). The van der Waals surface area contributed by atoms with E-state index in [0.717, 1.165) is 0 Å². The molecular formula is C10H17N3O2S. The molecule has 0 atom stereocenters. The van der Waals surface area contributed by atoms with Crippen molar-refractivity contribution in [1.82, 2.24) is 10.3 Å². The minimum Gasteiger partial charge on any atom is -0.396 e. The Morgan fingerprint density at radius 3 is 2.81 bits per heavy atom. The molecule has 0 spiro atoms. The molecule has 1 amide bonds. The third-order valence-electron chi connectivity index (χ3n) is 2.11. The number of amides is 1. The molecule has 90 valence electrons. The summed E-state index contributed by atoms with van der Waals surface area (Å²) in [6.07, 6.45) is 0. The van der Waals surface area contributed by atoms with Crippen LogP contribution in [0.2, 0.25) is 0 Å². The lowest BCUT2D eigenvalue weighted by molar-refractivity contribution is 0.0907. The van der Waals surface area contributed by atoms with Gasteiger partial charge in [-0.05, 0) is 0 Å². The molecule has 0 saturated heterocycles. The molecule has 0 saturated carbocycles. The summed E-state index contributed by atoms with van der Waals surface area (Å²) in [7, 11) is 1.76. The summed E-state index contributed by atoms with van der Waals surface area (Å²) >= 11 is 1.38. The quantitative estimate of drug-likeness (QED) is 0.719. The van der Waals surface area contributed by atoms with Gasteiger partial charge in [0.1, 0.15) is 5.69 Å². The van der Waals surface area contributed by atoms with E-state index < -0.39 is 0 Å². The largest absolute Gasteiger partial charge is 0.396 e. The van der Waals surface area contributed by atoms with E-state index in [0.29, 0.717) is 17.4 Å². The fraction of sp³-hybridized carbons (Fsp3) is 0.600. The second-order valence-electron chi connectivity index (χ2n) is 4.29. The first-order valence-corrected chi connectivity index (χ1v) is 5.89. The van der Waals surface area contributed by atoms with Gasteiger partial charge in [-0.3, -0.25) is 4.79 Å². The number of thiazole rings is 1. The average molecular weight is 243 g/mol. The van der Waals surface area contributed by atoms with Crippen molar-refractivity contribution in [3.63, 3.8) is 0 Å². The van der Waals surface area contributed by atoms with Crippen molar-refractivity contribution in [3.05, 3.63) is 11.1 Å². The minimum absolute atomic E-state index is 0.0338. The van der Waals surface area contributed by atoms with Crippen molar-refractivity contribution in [2.75, 3.05) is 25.5 Å². The molecule has 16 heavy (non-hydrogen) atoms. The standard InChI is InChI=1S/C10H17N3O2S/c1-10(2,6-14)5-12-8(15)7-4-16-9(11-3)13-7/h4,14H,5-6H2,1-3H3,(H,11,13)(H,12,15). The molecule has 0 radical (unpaired) electrons. The highest BCUT2D eigenvalue weighted by molar-refractivity contribution is 7.13. The fourth-order valence-corrected chi connectivity index (χ4v) is 1.61. The van der Waals surface area contributed by atoms with Crippen LogP contribution in [0.25, 0.3) is 0 Å². The molecule has 0 aromatic carbocycles. The summed E-state index contributed by atoms with van der Waals surface area (Å²) in [5.74, 6) is -0.209. The van der Waals surface area contributed by atoms with E-state index >= 15 is 0 Å². The second-order valence-corrected chi connectivity index (χ2v) is 5.15. The Balaban J connectivity index is 2.53. The van der Waals surface area contributed by atoms with E-state index in [1.807, 2.05) is 13.8 Å². The molecule has 6 heteroatoms. The smallest absolute Gasteiger partial charge is 0.270 e. The Bertz CT molecular complexity index is 363. The first-order chi connectivity index (χ1) is 7.48. The van der Waals surface area contributed by atoms with Crippen LogP contribution in [-0.4, -0.2) is 36.2 Å². The summed E-state index contributed by atoms with van der Waals surface area (Å²) in [5.41, 5.74) is 0.0976. The minimum atomic E-state index is -0.308. The maximum atomic E-state index is 11.7. The van der Waals surface area contributed by atoms with Gasteiger partial charge >= 0.3 is 0 Å². The molecule has 3 N–H and O–H groups in total. The lowest BCUT2D eigenvalue weighted by Gasteiger charge is -2.21. The highest BCUT2D eigenvalue weighted by atomic mass is 32.1. The van der Waals surface area contributed by atoms with E-state index in [-0.39, 0.29) is 17.9 Å². The molecule has 5 nitrogen and oxygen atoms in total. The molecule has 0 fully saturated rings. The van der Waals surface area contributed by atoms with E-state index in [4.69, 9.17) is 5.11 Å². The number of carbonyl (C=O) groups is 1. The summed E-state index contributed by atoms with van der Waals surface area (Å²) in [6, 6.07) is 0. The Kier molecular flexibility index (Phi) is 4.26. The number of nitrogens with one attached hydrogen (secondary N) is 2. The van der Waals surface area contributed by atoms with Crippen LogP contribution < -0.4 is 10.6 Å². The van der Waals surface area contributed by atoms with Crippen molar-refractivity contribution >= 4 is 22.4 Å². The monoisotopic (exact) mass is 243 g/mol. The predicted molar refractivity (Wildman–Crippen MR) is 64.9 cm³/mol. The number of rotatable bonds is 5. The zero-order valence-electron chi connectivity index (χ0n) is 9.70. The summed E-state index contributed by atoms with van der Waals surface area (Å²) in [6.45, 7) is 4.22. The molecule has 1 heterocycles. The number of hydrogen-bond donors (Lipinski definition) is 3. The Hall–Kier alpha value is -1.14. The van der Waals surface area contributed by atoms with Crippen molar-refractivity contribution in [2.45, 2.75) is 13.8 Å². The van der Waals surface area contributed by atoms with Crippen molar-refractivity contribution < 1.29 is 9.90 Å². The van der Waals surface area contributed by atoms with Crippen LogP contribution >= 0.6 is 11.3 Å². The third kappa shape index (κ3) is 3.46. The molecule has 0 unspecified atom stereocenters. The zero-order valence-corrected chi connectivity index (χ0v) is 10.5. The van der Waals surface area contributed by atoms with Gasteiger partial charge in [-0.15, -0.1) is 11.3 Å². The van der Waals surface area contributed by atoms with Crippen LogP contribution in [0.1, 0.15) is 24.3 Å². The van der Waals surface area contributed by atoms with Gasteiger partial charge in [0.15, 0.2) is 5.13 Å². The zero-order chi connectivity index (χ0) is 12.2. The van der Waals surface area contributed by atoms with E-state index in [9.17, 15) is 4.79 Å². The maximum absolute atomic E-state index is 11.7. The summed E-state index contributed by atoms with van der Waals surface area (Å²) < 4.78 is 0. The van der Waals surface area contributed by atoms with Crippen LogP contribution in [0.5, 0.6) is 0 Å². The summed E-state index contributed by atoms with van der Waals surface area (Å²) in [4.78, 5) is 15.7. The predicted octanol–water partition coefficient (Wildman–Crippen LogP) is 0.933. The Labute approximate surface area is 98.9 Å². The Morgan fingerprint density at radius 1 is 1.62 bits per heavy atom. The lowest BCUT2D eigenvalue weighted by atomic mass is 9.95. The van der Waals surface area contributed by atoms with Gasteiger partial charge in [-0.1, -0.05) is 13.8 Å². The van der Waals surface area contributed by atoms with E-state index in [2.05, 4.69) is 15.6 Å². The number of aliphatic hydroxyl groups is 1. The molecular weight excluding hydrogens is 226 g/mol. The van der Waals surface area contributed by atoms with Gasteiger partial charge in [0.05, 0.1) is 0 Å². The van der Waals surface area contributed by atoms with Crippen LogP contribution in [-0.2, 0) is 0 Å². The third-order valence-corrected chi connectivity index (χ3v) is 2.97. The molecule has 1 aromatic rings. The van der Waals surface area contributed by atoms with Crippen LogP contribution in [0.15, 0.2) is 5.38 Å². The fourth-order valence-electron chi connectivity index (χ4n) is 0.959. The van der Waals surface area contributed by atoms with Crippen LogP contribution in [0, 0.1) is 5.41 Å². The molecule has 0 bridgehead atoms. The molecule has 0 aliphatic rings. The van der Waals surface area contributed by atoms with Gasteiger partial charge in [0.2, 0.25) is 0 Å². The number of anilines is 1. The van der Waals surface area contributed by atoms with Crippen LogP contribution in [0.3, 0.4) is 0 Å². The lowest BCUT2D eigenvalue weighted by Crippen LogP contribution is -2.36. The maximum Gasteiger partial charge on any atom is 0.270 e. The second kappa shape index (κ2) is 5.27. The van der Waals surface area contributed by atoms with Crippen molar-refractivity contribution in [3.8, 4) is 0 Å². The number of aromatic nitrogens is 1. The van der Waals surface area contributed by atoms with Crippen molar-refractivity contribution in [1.29, 1.82) is 0 Å². The topological polar surface area (TPSA) is 74.2 Å². The normalized spacial score (nSPS) is 11.2. The highest BCUT2D eigenvalue weighted by Crippen LogP contribution is 2.15. The SMILES string of the molecule is CNc1nc(C(=O)NCC(C)(C)CO)cs1. The van der Waals surface area contributed by atoms with Gasteiger partial charge in [0, 0.05) is 31.0 Å². The molecule has 0 aliphatic heterocycles. The molecule has 1 aromatic heterocycles. The van der Waals surface area contributed by atoms with Crippen molar-refractivity contribution in [2.24, 2.45) is 5.41 Å². The number of carbonyl (C=O) groups excluding carboxylic acids is 1. The van der Waals surface area contributed by atoms with Gasteiger partial charge < -0.3 is 15.7 Å². The number of hydrogen-bond acceptors (Lipinski definition) is 5. The Morgan fingerprint density at radius 2 is 2.31 bits per heavy atom. The van der Waals surface area contributed by atoms with Crippen LogP contribution in [0.4, 0.5) is 5.13 Å². The number of nitrogens with zero attached hydrogens (tertiary/aromatic N) is 1. The average Bonchev–Trinajstić information content (AvgIpc) is 2.74. The van der Waals surface area contributed by atoms with E-state index in [1.165, 1.54) is 11.3 Å². The van der Waals surface area contributed by atoms with Gasteiger partial charge in [-0.25, -0.2) is 4.98 Å².